The highest BCUT2D eigenvalue weighted by Gasteiger charge is 2.10. The van der Waals surface area contributed by atoms with Crippen LogP contribution in [0.25, 0.3) is 10.6 Å². The van der Waals surface area contributed by atoms with E-state index in [2.05, 4.69) is 20.9 Å². The first-order valence-corrected chi connectivity index (χ1v) is 6.09. The van der Waals surface area contributed by atoms with E-state index in [-0.39, 0.29) is 4.88 Å². The van der Waals surface area contributed by atoms with E-state index in [1.807, 2.05) is 11.4 Å². The van der Waals surface area contributed by atoms with Crippen LogP contribution in [0.5, 0.6) is 0 Å². The molecule has 0 saturated carbocycles. The van der Waals surface area contributed by atoms with Gasteiger partial charge in [-0.15, -0.1) is 22.7 Å². The number of aromatic carboxylic acids is 1. The van der Waals surface area contributed by atoms with Crippen molar-refractivity contribution < 1.29 is 9.90 Å². The summed E-state index contributed by atoms with van der Waals surface area (Å²) in [5.41, 5.74) is 0.958. The standard InChI is InChI=1S/C8H4BrNO2S2/c9-6-1-4(3-13-6)7-10-2-5(14-7)8(11)12/h1-3H,(H,11,12). The van der Waals surface area contributed by atoms with Gasteiger partial charge in [0.15, 0.2) is 0 Å². The van der Waals surface area contributed by atoms with E-state index in [1.165, 1.54) is 17.5 Å². The number of rotatable bonds is 2. The van der Waals surface area contributed by atoms with Crippen molar-refractivity contribution in [3.63, 3.8) is 0 Å². The first-order chi connectivity index (χ1) is 6.66. The molecular weight excluding hydrogens is 286 g/mol. The van der Waals surface area contributed by atoms with E-state index in [0.29, 0.717) is 0 Å². The average Bonchev–Trinajstić information content (AvgIpc) is 2.70. The molecule has 0 aromatic carbocycles. The molecule has 14 heavy (non-hydrogen) atoms. The first kappa shape index (κ1) is 9.82. The topological polar surface area (TPSA) is 50.2 Å². The van der Waals surface area contributed by atoms with Crippen LogP contribution >= 0.6 is 38.6 Å². The van der Waals surface area contributed by atoms with Gasteiger partial charge in [-0.2, -0.15) is 0 Å². The Kier molecular flexibility index (Phi) is 2.66. The summed E-state index contributed by atoms with van der Waals surface area (Å²) >= 11 is 6.08. The van der Waals surface area contributed by atoms with Crippen molar-refractivity contribution in [3.8, 4) is 10.6 Å². The first-order valence-electron chi connectivity index (χ1n) is 3.60. The summed E-state index contributed by atoms with van der Waals surface area (Å²) < 4.78 is 1.01. The molecule has 6 heteroatoms. The van der Waals surface area contributed by atoms with Crippen LogP contribution in [-0.2, 0) is 0 Å². The van der Waals surface area contributed by atoms with E-state index in [9.17, 15) is 4.79 Å². The van der Waals surface area contributed by atoms with E-state index < -0.39 is 5.97 Å². The zero-order valence-corrected chi connectivity index (χ0v) is 9.95. The number of aromatic nitrogens is 1. The summed E-state index contributed by atoms with van der Waals surface area (Å²) in [7, 11) is 0. The van der Waals surface area contributed by atoms with Gasteiger partial charge in [-0.05, 0) is 22.0 Å². The summed E-state index contributed by atoms with van der Waals surface area (Å²) in [6, 6.07) is 1.93. The average molecular weight is 290 g/mol. The molecule has 0 amide bonds. The maximum absolute atomic E-state index is 10.6. The molecule has 2 aromatic heterocycles. The number of halogens is 1. The van der Waals surface area contributed by atoms with Gasteiger partial charge in [0.25, 0.3) is 0 Å². The lowest BCUT2D eigenvalue weighted by molar-refractivity contribution is 0.0702. The van der Waals surface area contributed by atoms with Crippen LogP contribution in [0.15, 0.2) is 21.4 Å². The maximum Gasteiger partial charge on any atom is 0.347 e. The lowest BCUT2D eigenvalue weighted by Gasteiger charge is -1.85. The van der Waals surface area contributed by atoms with Crippen LogP contribution in [0.2, 0.25) is 0 Å². The highest BCUT2D eigenvalue weighted by Crippen LogP contribution is 2.31. The SMILES string of the molecule is O=C(O)c1cnc(-c2csc(Br)c2)s1. The summed E-state index contributed by atoms with van der Waals surface area (Å²) in [6.07, 6.45) is 1.38. The van der Waals surface area contributed by atoms with Crippen LogP contribution in [0, 0.1) is 0 Å². The number of carbonyl (C=O) groups is 1. The van der Waals surface area contributed by atoms with Crippen LogP contribution in [0.1, 0.15) is 9.67 Å². The van der Waals surface area contributed by atoms with Gasteiger partial charge in [0, 0.05) is 10.9 Å². The van der Waals surface area contributed by atoms with Crippen molar-refractivity contribution in [1.29, 1.82) is 0 Å². The molecule has 2 rings (SSSR count). The highest BCUT2D eigenvalue weighted by atomic mass is 79.9. The highest BCUT2D eigenvalue weighted by molar-refractivity contribution is 9.11. The minimum atomic E-state index is -0.928. The van der Waals surface area contributed by atoms with Crippen molar-refractivity contribution in [1.82, 2.24) is 4.98 Å². The molecule has 0 saturated heterocycles. The molecule has 0 aliphatic heterocycles. The second-order valence-electron chi connectivity index (χ2n) is 2.47. The van der Waals surface area contributed by atoms with Crippen molar-refractivity contribution in [2.75, 3.05) is 0 Å². The lowest BCUT2D eigenvalue weighted by Crippen LogP contribution is -1.89. The zero-order chi connectivity index (χ0) is 10.1. The Hall–Kier alpha value is -0.720. The Morgan fingerprint density at radius 3 is 2.86 bits per heavy atom. The molecule has 0 unspecified atom stereocenters. The summed E-state index contributed by atoms with van der Waals surface area (Å²) in [5.74, 6) is -0.928. The van der Waals surface area contributed by atoms with Gasteiger partial charge < -0.3 is 5.11 Å². The molecule has 72 valence electrons. The molecule has 1 N–H and O–H groups in total. The molecule has 0 bridgehead atoms. The molecule has 3 nitrogen and oxygen atoms in total. The van der Waals surface area contributed by atoms with E-state index in [4.69, 9.17) is 5.11 Å². The minimum Gasteiger partial charge on any atom is -0.477 e. The van der Waals surface area contributed by atoms with Crippen molar-refractivity contribution in [3.05, 3.63) is 26.3 Å². The molecule has 0 aliphatic rings. The molecule has 0 fully saturated rings. The van der Waals surface area contributed by atoms with Gasteiger partial charge in [0.1, 0.15) is 9.88 Å². The fourth-order valence-electron chi connectivity index (χ4n) is 0.929. The number of thiophene rings is 1. The predicted octanol–water partition coefficient (Wildman–Crippen LogP) is 3.33. The number of hydrogen-bond donors (Lipinski definition) is 1. The lowest BCUT2D eigenvalue weighted by atomic mass is 10.4. The van der Waals surface area contributed by atoms with Crippen molar-refractivity contribution in [2.45, 2.75) is 0 Å². The Labute approximate surface area is 96.2 Å². The summed E-state index contributed by atoms with van der Waals surface area (Å²) in [4.78, 5) is 14.9. The molecule has 0 aliphatic carbocycles. The number of thiazole rings is 1. The van der Waals surface area contributed by atoms with E-state index in [1.54, 1.807) is 11.3 Å². The van der Waals surface area contributed by atoms with Gasteiger partial charge in [0.05, 0.1) is 9.98 Å². The quantitative estimate of drug-likeness (QED) is 0.923. The molecule has 2 aromatic rings. The fraction of sp³-hybridized carbons (Fsp3) is 0. The molecule has 0 atom stereocenters. The van der Waals surface area contributed by atoms with Crippen LogP contribution < -0.4 is 0 Å². The van der Waals surface area contributed by atoms with Crippen LogP contribution in [-0.4, -0.2) is 16.1 Å². The van der Waals surface area contributed by atoms with Crippen molar-refractivity contribution in [2.24, 2.45) is 0 Å². The number of hydrogen-bond acceptors (Lipinski definition) is 4. The van der Waals surface area contributed by atoms with Crippen LogP contribution in [0.4, 0.5) is 0 Å². The second kappa shape index (κ2) is 3.80. The molecule has 2 heterocycles. The second-order valence-corrected chi connectivity index (χ2v) is 5.80. The monoisotopic (exact) mass is 289 g/mol. The van der Waals surface area contributed by atoms with E-state index in [0.717, 1.165) is 14.4 Å². The van der Waals surface area contributed by atoms with Crippen molar-refractivity contribution >= 4 is 44.6 Å². The summed E-state index contributed by atoms with van der Waals surface area (Å²) in [6.45, 7) is 0. The number of nitrogens with zero attached hydrogens (tertiary/aromatic N) is 1. The third kappa shape index (κ3) is 1.87. The molecular formula is C8H4BrNO2S2. The number of carboxylic acids is 1. The maximum atomic E-state index is 10.6. The normalized spacial score (nSPS) is 10.4. The van der Waals surface area contributed by atoms with Gasteiger partial charge >= 0.3 is 5.97 Å². The Bertz CT molecular complexity index is 477. The summed E-state index contributed by atoms with van der Waals surface area (Å²) in [5, 5.41) is 11.4. The minimum absolute atomic E-state index is 0.266. The Morgan fingerprint density at radius 1 is 1.57 bits per heavy atom. The predicted molar refractivity (Wildman–Crippen MR) is 60.1 cm³/mol. The number of carboxylic acid groups (broad SMARTS) is 1. The van der Waals surface area contributed by atoms with Gasteiger partial charge in [-0.25, -0.2) is 9.78 Å². The third-order valence-electron chi connectivity index (χ3n) is 1.53. The Balaban J connectivity index is 2.38. The molecule has 0 radical (unpaired) electrons. The van der Waals surface area contributed by atoms with Gasteiger partial charge in [-0.1, -0.05) is 0 Å². The zero-order valence-electron chi connectivity index (χ0n) is 6.73. The molecule has 0 spiro atoms. The van der Waals surface area contributed by atoms with E-state index >= 15 is 0 Å². The fourth-order valence-corrected chi connectivity index (χ4v) is 2.89. The smallest absolute Gasteiger partial charge is 0.347 e. The van der Waals surface area contributed by atoms with Crippen LogP contribution in [0.3, 0.4) is 0 Å². The van der Waals surface area contributed by atoms with Gasteiger partial charge in [-0.3, -0.25) is 0 Å². The third-order valence-corrected chi connectivity index (χ3v) is 4.07. The Morgan fingerprint density at radius 2 is 2.36 bits per heavy atom. The largest absolute Gasteiger partial charge is 0.477 e. The van der Waals surface area contributed by atoms with Gasteiger partial charge in [0.2, 0.25) is 0 Å².